The molecule has 1 N–H and O–H groups in total. The summed E-state index contributed by atoms with van der Waals surface area (Å²) >= 11 is 0. The lowest BCUT2D eigenvalue weighted by Gasteiger charge is -2.33. The van der Waals surface area contributed by atoms with Gasteiger partial charge in [-0.25, -0.2) is 0 Å². The van der Waals surface area contributed by atoms with Crippen LogP contribution >= 0.6 is 12.4 Å². The molecule has 1 atom stereocenters. The molecule has 1 aromatic rings. The molecule has 4 heteroatoms. The first-order chi connectivity index (χ1) is 10.2. The van der Waals surface area contributed by atoms with E-state index < -0.39 is 0 Å². The van der Waals surface area contributed by atoms with Crippen LogP contribution < -0.4 is 5.32 Å². The summed E-state index contributed by atoms with van der Waals surface area (Å²) in [6.45, 7) is 2.08. The van der Waals surface area contributed by atoms with Crippen molar-refractivity contribution < 1.29 is 4.79 Å². The number of rotatable bonds is 3. The van der Waals surface area contributed by atoms with Crippen molar-refractivity contribution in [1.82, 2.24) is 10.2 Å². The van der Waals surface area contributed by atoms with Gasteiger partial charge in [-0.05, 0) is 62.2 Å². The van der Waals surface area contributed by atoms with Gasteiger partial charge in [0.1, 0.15) is 0 Å². The molecular weight excluding hydrogens is 296 g/mol. The highest BCUT2D eigenvalue weighted by Gasteiger charge is 2.26. The second-order valence-corrected chi connectivity index (χ2v) is 6.57. The van der Waals surface area contributed by atoms with Gasteiger partial charge in [-0.15, -0.1) is 12.4 Å². The molecule has 1 amide bonds. The molecule has 1 aliphatic heterocycles. The lowest BCUT2D eigenvalue weighted by molar-refractivity contribution is -0.133. The van der Waals surface area contributed by atoms with Crippen molar-refractivity contribution in [2.45, 2.75) is 44.6 Å². The number of piperidine rings is 1. The number of aryl methyl sites for hydroxylation is 1. The number of carbonyl (C=O) groups excluding carboxylic acids is 1. The molecule has 0 radical (unpaired) electrons. The average Bonchev–Trinajstić information content (AvgIpc) is 2.55. The Balaban J connectivity index is 0.00000176. The molecule has 1 fully saturated rings. The zero-order chi connectivity index (χ0) is 14.7. The van der Waals surface area contributed by atoms with Gasteiger partial charge in [0.2, 0.25) is 5.91 Å². The summed E-state index contributed by atoms with van der Waals surface area (Å²) < 4.78 is 0. The van der Waals surface area contributed by atoms with E-state index in [-0.39, 0.29) is 12.4 Å². The van der Waals surface area contributed by atoms with Gasteiger partial charge in [0.05, 0.1) is 0 Å². The van der Waals surface area contributed by atoms with Crippen molar-refractivity contribution in [1.29, 1.82) is 0 Å². The van der Waals surface area contributed by atoms with Crippen molar-refractivity contribution in [3.63, 3.8) is 0 Å². The zero-order valence-corrected chi connectivity index (χ0v) is 14.2. The summed E-state index contributed by atoms with van der Waals surface area (Å²) in [4.78, 5) is 14.5. The molecule has 3 rings (SSSR count). The summed E-state index contributed by atoms with van der Waals surface area (Å²) in [6.07, 6.45) is 6.26. The van der Waals surface area contributed by atoms with E-state index in [1.165, 1.54) is 11.1 Å². The maximum Gasteiger partial charge on any atom is 0.222 e. The topological polar surface area (TPSA) is 32.3 Å². The quantitative estimate of drug-likeness (QED) is 0.928. The maximum atomic E-state index is 12.5. The first-order valence-corrected chi connectivity index (χ1v) is 8.27. The highest BCUT2D eigenvalue weighted by Crippen LogP contribution is 2.28. The predicted molar refractivity (Wildman–Crippen MR) is 92.5 cm³/mol. The molecule has 0 spiro atoms. The Morgan fingerprint density at radius 1 is 1.18 bits per heavy atom. The van der Waals surface area contributed by atoms with E-state index in [2.05, 4.69) is 29.6 Å². The third-order valence-corrected chi connectivity index (χ3v) is 5.16. The number of amides is 1. The summed E-state index contributed by atoms with van der Waals surface area (Å²) in [5, 5.41) is 3.36. The average molecular weight is 323 g/mol. The molecule has 0 bridgehead atoms. The third-order valence-electron chi connectivity index (χ3n) is 5.16. The molecule has 122 valence electrons. The van der Waals surface area contributed by atoms with E-state index in [1.54, 1.807) is 0 Å². The third kappa shape index (κ3) is 4.02. The smallest absolute Gasteiger partial charge is 0.222 e. The highest BCUT2D eigenvalue weighted by atomic mass is 35.5. The highest BCUT2D eigenvalue weighted by molar-refractivity contribution is 5.85. The zero-order valence-electron chi connectivity index (χ0n) is 13.4. The monoisotopic (exact) mass is 322 g/mol. The number of hydrogen-bond acceptors (Lipinski definition) is 2. The molecule has 1 heterocycles. The van der Waals surface area contributed by atoms with Gasteiger partial charge in [-0.1, -0.05) is 24.3 Å². The number of halogens is 1. The molecule has 0 aromatic heterocycles. The van der Waals surface area contributed by atoms with E-state index >= 15 is 0 Å². The van der Waals surface area contributed by atoms with E-state index in [4.69, 9.17) is 0 Å². The molecule has 1 saturated heterocycles. The van der Waals surface area contributed by atoms with Crippen molar-refractivity contribution in [3.05, 3.63) is 35.4 Å². The second-order valence-electron chi connectivity index (χ2n) is 6.57. The number of carbonyl (C=O) groups is 1. The van der Waals surface area contributed by atoms with Crippen LogP contribution in [0.5, 0.6) is 0 Å². The van der Waals surface area contributed by atoms with Gasteiger partial charge >= 0.3 is 0 Å². The Labute approximate surface area is 139 Å². The van der Waals surface area contributed by atoms with Crippen LogP contribution in [-0.4, -0.2) is 37.0 Å². The van der Waals surface area contributed by atoms with Crippen molar-refractivity contribution in [2.75, 3.05) is 20.1 Å². The van der Waals surface area contributed by atoms with Crippen LogP contribution in [-0.2, 0) is 17.6 Å². The Morgan fingerprint density at radius 3 is 2.59 bits per heavy atom. The fraction of sp³-hybridized carbons (Fsp3) is 0.611. The van der Waals surface area contributed by atoms with Gasteiger partial charge in [0.15, 0.2) is 0 Å². The van der Waals surface area contributed by atoms with Gasteiger partial charge in [-0.2, -0.15) is 0 Å². The summed E-state index contributed by atoms with van der Waals surface area (Å²) in [5.74, 6) is 0.864. The van der Waals surface area contributed by atoms with E-state index in [9.17, 15) is 4.79 Å². The molecule has 0 saturated carbocycles. The normalized spacial score (nSPS) is 21.6. The first-order valence-electron chi connectivity index (χ1n) is 8.27. The lowest BCUT2D eigenvalue weighted by atomic mass is 9.82. The van der Waals surface area contributed by atoms with Crippen LogP contribution in [0, 0.1) is 5.92 Å². The summed E-state index contributed by atoms with van der Waals surface area (Å²) in [7, 11) is 2.00. The van der Waals surface area contributed by atoms with Gasteiger partial charge < -0.3 is 10.2 Å². The summed E-state index contributed by atoms with van der Waals surface area (Å²) in [5.41, 5.74) is 2.93. The molecular formula is C18H27ClN2O. The van der Waals surface area contributed by atoms with Gasteiger partial charge in [0.25, 0.3) is 0 Å². The minimum Gasteiger partial charge on any atom is -0.343 e. The van der Waals surface area contributed by atoms with Crippen LogP contribution in [0.4, 0.5) is 0 Å². The number of hydrogen-bond donors (Lipinski definition) is 1. The SMILES string of the molecule is CN(C(=O)CC1CCc2ccccc2C1)C1CCNCC1.Cl. The number of fused-ring (bicyclic) bond motifs is 1. The lowest BCUT2D eigenvalue weighted by Crippen LogP contribution is -2.44. The fourth-order valence-electron chi connectivity index (χ4n) is 3.74. The maximum absolute atomic E-state index is 12.5. The van der Waals surface area contributed by atoms with Gasteiger partial charge in [-0.3, -0.25) is 4.79 Å². The Kier molecular flexibility index (Phi) is 6.27. The number of nitrogens with zero attached hydrogens (tertiary/aromatic N) is 1. The number of benzene rings is 1. The first kappa shape index (κ1) is 17.3. The predicted octanol–water partition coefficient (Wildman–Crippen LogP) is 2.81. The molecule has 1 aromatic carbocycles. The molecule has 1 unspecified atom stereocenters. The van der Waals surface area contributed by atoms with E-state index in [1.807, 2.05) is 11.9 Å². The Hall–Kier alpha value is -1.06. The van der Waals surface area contributed by atoms with Gasteiger partial charge in [0, 0.05) is 19.5 Å². The minimum atomic E-state index is 0. The molecule has 1 aliphatic carbocycles. The van der Waals surface area contributed by atoms with Crippen LogP contribution in [0.15, 0.2) is 24.3 Å². The fourth-order valence-corrected chi connectivity index (χ4v) is 3.74. The van der Waals surface area contributed by atoms with Crippen molar-refractivity contribution in [3.8, 4) is 0 Å². The Bertz CT molecular complexity index is 500. The molecule has 22 heavy (non-hydrogen) atoms. The van der Waals surface area contributed by atoms with Crippen LogP contribution in [0.3, 0.4) is 0 Å². The van der Waals surface area contributed by atoms with E-state index in [0.29, 0.717) is 17.9 Å². The Morgan fingerprint density at radius 2 is 1.86 bits per heavy atom. The van der Waals surface area contributed by atoms with Crippen LogP contribution in [0.2, 0.25) is 0 Å². The van der Waals surface area contributed by atoms with Crippen LogP contribution in [0.1, 0.15) is 36.8 Å². The van der Waals surface area contributed by atoms with E-state index in [0.717, 1.165) is 51.6 Å². The molecule has 3 nitrogen and oxygen atoms in total. The number of nitrogens with one attached hydrogen (secondary N) is 1. The standard InChI is InChI=1S/C18H26N2O.ClH/c1-20(17-8-10-19-11-9-17)18(21)13-14-6-7-15-4-2-3-5-16(15)12-14;/h2-5,14,17,19H,6-13H2,1H3;1H. The van der Waals surface area contributed by atoms with Crippen molar-refractivity contribution >= 4 is 18.3 Å². The summed E-state index contributed by atoms with van der Waals surface area (Å²) in [6, 6.07) is 9.13. The second kappa shape index (κ2) is 7.98. The van der Waals surface area contributed by atoms with Crippen molar-refractivity contribution in [2.24, 2.45) is 5.92 Å². The van der Waals surface area contributed by atoms with Crippen LogP contribution in [0.25, 0.3) is 0 Å². The largest absolute Gasteiger partial charge is 0.343 e. The minimum absolute atomic E-state index is 0. The molecule has 2 aliphatic rings.